The summed E-state index contributed by atoms with van der Waals surface area (Å²) >= 11 is 0. The smallest absolute Gasteiger partial charge is 0.113 e. The lowest BCUT2D eigenvalue weighted by Gasteiger charge is -2.03. The topological polar surface area (TPSA) is 0 Å². The Kier molecular flexibility index (Phi) is 1.34. The molecule has 1 heterocycles. The van der Waals surface area contributed by atoms with Crippen LogP contribution in [-0.2, 0) is 0 Å². The molecule has 0 bridgehead atoms. The van der Waals surface area contributed by atoms with Crippen LogP contribution in [0.1, 0.15) is 5.56 Å². The van der Waals surface area contributed by atoms with Crippen LogP contribution in [0.4, 0.5) is 0 Å². The molecule has 0 N–H and O–H groups in total. The maximum atomic E-state index is 2.23. The van der Waals surface area contributed by atoms with Crippen molar-refractivity contribution in [3.63, 3.8) is 0 Å². The Balaban J connectivity index is 2.49. The van der Waals surface area contributed by atoms with Gasteiger partial charge in [-0.05, 0) is 16.3 Å². The molecule has 13 heavy (non-hydrogen) atoms. The molecule has 0 aromatic heterocycles. The highest BCUT2D eigenvalue weighted by Gasteiger charge is 2.08. The standard InChI is InChI=1S/C12H9B/c1-2-4-10-9(3-1)5-6-12-11(10)7-8-13-12/h1-8,13H. The Morgan fingerprint density at radius 2 is 1.85 bits per heavy atom. The molecule has 0 amide bonds. The molecule has 0 fully saturated rings. The summed E-state index contributed by atoms with van der Waals surface area (Å²) in [5, 5.41) is 2.72. The molecular weight excluding hydrogens is 155 g/mol. The Bertz CT molecular complexity index is 497. The van der Waals surface area contributed by atoms with Gasteiger partial charge in [0.2, 0.25) is 0 Å². The summed E-state index contributed by atoms with van der Waals surface area (Å²) < 4.78 is 0. The highest BCUT2D eigenvalue weighted by Crippen LogP contribution is 2.20. The third-order valence-electron chi connectivity index (χ3n) is 2.68. The van der Waals surface area contributed by atoms with Gasteiger partial charge in [0.15, 0.2) is 7.28 Å². The van der Waals surface area contributed by atoms with Gasteiger partial charge in [-0.3, -0.25) is 0 Å². The van der Waals surface area contributed by atoms with Crippen LogP contribution in [0.2, 0.25) is 0 Å². The van der Waals surface area contributed by atoms with Crippen molar-refractivity contribution in [2.45, 2.75) is 0 Å². The maximum absolute atomic E-state index is 2.23. The molecule has 0 saturated heterocycles. The third-order valence-corrected chi connectivity index (χ3v) is 2.68. The monoisotopic (exact) mass is 164 g/mol. The molecule has 2 aromatic rings. The predicted octanol–water partition coefficient (Wildman–Crippen LogP) is 1.89. The molecule has 0 saturated carbocycles. The first-order valence-electron chi connectivity index (χ1n) is 4.62. The van der Waals surface area contributed by atoms with E-state index >= 15 is 0 Å². The lowest BCUT2D eigenvalue weighted by atomic mass is 9.73. The molecule has 0 aliphatic carbocycles. The molecule has 1 heteroatoms. The largest absolute Gasteiger partial charge is 0.183 e. The van der Waals surface area contributed by atoms with Crippen molar-refractivity contribution < 1.29 is 0 Å². The van der Waals surface area contributed by atoms with E-state index in [1.54, 1.807) is 0 Å². The summed E-state index contributed by atoms with van der Waals surface area (Å²) in [6.45, 7) is 0. The van der Waals surface area contributed by atoms with Gasteiger partial charge in [0.1, 0.15) is 0 Å². The van der Waals surface area contributed by atoms with Crippen molar-refractivity contribution in [2.75, 3.05) is 0 Å². The van der Waals surface area contributed by atoms with Crippen LogP contribution in [-0.4, -0.2) is 7.28 Å². The van der Waals surface area contributed by atoms with Crippen molar-refractivity contribution in [3.05, 3.63) is 47.9 Å². The average Bonchev–Trinajstić information content (AvgIpc) is 2.65. The first kappa shape index (κ1) is 6.96. The lowest BCUT2D eigenvalue weighted by molar-refractivity contribution is 1.76. The van der Waals surface area contributed by atoms with Crippen LogP contribution < -0.4 is 5.46 Å². The van der Waals surface area contributed by atoms with E-state index < -0.39 is 0 Å². The van der Waals surface area contributed by atoms with Crippen LogP contribution in [0.5, 0.6) is 0 Å². The molecule has 1 aliphatic heterocycles. The van der Waals surface area contributed by atoms with Gasteiger partial charge in [-0.25, -0.2) is 0 Å². The zero-order chi connectivity index (χ0) is 8.67. The fourth-order valence-corrected chi connectivity index (χ4v) is 2.02. The number of hydrogen-bond donors (Lipinski definition) is 0. The Morgan fingerprint density at radius 3 is 2.85 bits per heavy atom. The highest BCUT2D eigenvalue weighted by atomic mass is 14.0. The summed E-state index contributed by atoms with van der Waals surface area (Å²) in [4.78, 5) is 0. The van der Waals surface area contributed by atoms with Gasteiger partial charge in [0.05, 0.1) is 0 Å². The summed E-state index contributed by atoms with van der Waals surface area (Å²) in [5.41, 5.74) is 2.87. The van der Waals surface area contributed by atoms with Crippen molar-refractivity contribution in [2.24, 2.45) is 0 Å². The van der Waals surface area contributed by atoms with Crippen molar-refractivity contribution in [3.8, 4) is 0 Å². The van der Waals surface area contributed by atoms with Gasteiger partial charge in [-0.1, -0.05) is 47.9 Å². The average molecular weight is 164 g/mol. The molecule has 2 aromatic carbocycles. The quantitative estimate of drug-likeness (QED) is 0.521. The second-order valence-corrected chi connectivity index (χ2v) is 3.47. The van der Waals surface area contributed by atoms with Crippen LogP contribution in [0.3, 0.4) is 0 Å². The summed E-state index contributed by atoms with van der Waals surface area (Å²) in [6.07, 6.45) is 2.23. The molecule has 3 rings (SSSR count). The number of rotatable bonds is 0. The zero-order valence-electron chi connectivity index (χ0n) is 7.33. The second kappa shape index (κ2) is 2.49. The number of fused-ring (bicyclic) bond motifs is 3. The van der Waals surface area contributed by atoms with Crippen LogP contribution in [0.15, 0.2) is 42.4 Å². The van der Waals surface area contributed by atoms with E-state index in [0.29, 0.717) is 0 Å². The number of hydrogen-bond acceptors (Lipinski definition) is 0. The maximum Gasteiger partial charge on any atom is 0.183 e. The number of benzene rings is 2. The Morgan fingerprint density at radius 1 is 0.923 bits per heavy atom. The van der Waals surface area contributed by atoms with Crippen molar-refractivity contribution in [1.82, 2.24) is 0 Å². The van der Waals surface area contributed by atoms with E-state index in [1.165, 1.54) is 21.8 Å². The van der Waals surface area contributed by atoms with Gasteiger partial charge < -0.3 is 0 Å². The van der Waals surface area contributed by atoms with Gasteiger partial charge in [-0.15, -0.1) is 5.98 Å². The first-order valence-corrected chi connectivity index (χ1v) is 4.62. The van der Waals surface area contributed by atoms with E-state index in [1.807, 2.05) is 0 Å². The fourth-order valence-electron chi connectivity index (χ4n) is 2.02. The molecule has 60 valence electrons. The summed E-state index contributed by atoms with van der Waals surface area (Å²) in [6, 6.07) is 13.0. The molecule has 0 unspecified atom stereocenters. The normalized spacial score (nSPS) is 12.9. The molecular formula is C12H9B. The van der Waals surface area contributed by atoms with Gasteiger partial charge in [0, 0.05) is 0 Å². The summed E-state index contributed by atoms with van der Waals surface area (Å²) in [5.74, 6) is 2.23. The van der Waals surface area contributed by atoms with Crippen LogP contribution in [0, 0.1) is 0 Å². The Hall–Kier alpha value is -1.50. The van der Waals surface area contributed by atoms with Crippen molar-refractivity contribution in [1.29, 1.82) is 0 Å². The first-order chi connectivity index (χ1) is 6.45. The molecule has 0 nitrogen and oxygen atoms in total. The SMILES string of the molecule is B1C=Cc2c1ccc1ccccc21. The van der Waals surface area contributed by atoms with Gasteiger partial charge >= 0.3 is 0 Å². The van der Waals surface area contributed by atoms with Gasteiger partial charge in [-0.2, -0.15) is 0 Å². The minimum absolute atomic E-state index is 1.10. The molecule has 0 atom stereocenters. The molecule has 0 spiro atoms. The highest BCUT2D eigenvalue weighted by molar-refractivity contribution is 6.63. The van der Waals surface area contributed by atoms with Crippen molar-refractivity contribution >= 4 is 29.6 Å². The van der Waals surface area contributed by atoms with E-state index in [-0.39, 0.29) is 0 Å². The van der Waals surface area contributed by atoms with E-state index in [9.17, 15) is 0 Å². The predicted molar refractivity (Wildman–Crippen MR) is 59.8 cm³/mol. The second-order valence-electron chi connectivity index (χ2n) is 3.47. The van der Waals surface area contributed by atoms with E-state index in [0.717, 1.165) is 7.28 Å². The Labute approximate surface area is 78.1 Å². The van der Waals surface area contributed by atoms with Crippen LogP contribution in [0.25, 0.3) is 16.8 Å². The van der Waals surface area contributed by atoms with E-state index in [2.05, 4.69) is 48.4 Å². The zero-order valence-corrected chi connectivity index (χ0v) is 7.33. The van der Waals surface area contributed by atoms with E-state index in [4.69, 9.17) is 0 Å². The minimum atomic E-state index is 1.10. The van der Waals surface area contributed by atoms with Crippen LogP contribution >= 0.6 is 0 Å². The third kappa shape index (κ3) is 0.935. The van der Waals surface area contributed by atoms with Gasteiger partial charge in [0.25, 0.3) is 0 Å². The summed E-state index contributed by atoms with van der Waals surface area (Å²) in [7, 11) is 1.10. The lowest BCUT2D eigenvalue weighted by Crippen LogP contribution is -2.10. The minimum Gasteiger partial charge on any atom is -0.113 e. The fraction of sp³-hybridized carbons (Fsp3) is 0. The molecule has 1 aliphatic rings. The molecule has 0 radical (unpaired) electrons.